The Kier molecular flexibility index (Phi) is 15.8. The number of ether oxygens (including phenoxy) is 4. The van der Waals surface area contributed by atoms with Gasteiger partial charge in [0.05, 0.1) is 53.0 Å². The summed E-state index contributed by atoms with van der Waals surface area (Å²) in [5, 5.41) is 64.5. The third-order valence-electron chi connectivity index (χ3n) is 11.6. The molecule has 0 saturated carbocycles. The highest BCUT2D eigenvalue weighted by Crippen LogP contribution is 2.55. The molecule has 3 aliphatic rings. The Labute approximate surface area is 351 Å². The lowest BCUT2D eigenvalue weighted by Gasteiger charge is -2.38. The first-order chi connectivity index (χ1) is 28.3. The van der Waals surface area contributed by atoms with E-state index in [1.54, 1.807) is 39.8 Å². The Morgan fingerprint density at radius 3 is 2.20 bits per heavy atom. The van der Waals surface area contributed by atoms with E-state index >= 15 is 0 Å². The number of hydrogen-bond acceptors (Lipinski definition) is 14. The Morgan fingerprint density at radius 1 is 0.950 bits per heavy atom. The molecule has 0 aromatic heterocycles. The summed E-state index contributed by atoms with van der Waals surface area (Å²) in [4.78, 5) is 46.3. The summed E-state index contributed by atoms with van der Waals surface area (Å²) in [7, 11) is 1.43. The number of allylic oxidation sites excluding steroid dienone is 2. The predicted molar refractivity (Wildman–Crippen MR) is 226 cm³/mol. The Bertz CT molecular complexity index is 2030. The number of aromatic hydroxyl groups is 3. The van der Waals surface area contributed by atoms with Crippen molar-refractivity contribution in [2.45, 2.75) is 131 Å². The van der Waals surface area contributed by atoms with Crippen LogP contribution in [0.25, 0.3) is 10.8 Å². The van der Waals surface area contributed by atoms with Crippen LogP contribution < -0.4 is 10.1 Å². The molecule has 0 fully saturated rings. The number of nitrogens with zero attached hydrogens (tertiary/aromatic N) is 1. The van der Waals surface area contributed by atoms with Crippen molar-refractivity contribution >= 4 is 40.3 Å². The lowest BCUT2D eigenvalue weighted by Crippen LogP contribution is -2.46. The second-order valence-corrected chi connectivity index (χ2v) is 16.2. The van der Waals surface area contributed by atoms with Crippen LogP contribution in [0.15, 0.2) is 41.3 Å². The Hall–Kier alpha value is -5.12. The molecule has 0 saturated heterocycles. The summed E-state index contributed by atoms with van der Waals surface area (Å²) in [6, 6.07) is 0. The second kappa shape index (κ2) is 20.0. The molecule has 15 heteroatoms. The number of Topliss-reactive ketones (excluding diaryl/α,β-unsaturated/α-hetero) is 1. The van der Waals surface area contributed by atoms with Gasteiger partial charge in [-0.1, -0.05) is 77.8 Å². The van der Waals surface area contributed by atoms with Gasteiger partial charge in [0, 0.05) is 61.2 Å². The number of amides is 1. The molecule has 5 bridgehead atoms. The van der Waals surface area contributed by atoms with Crippen LogP contribution in [0.4, 0.5) is 5.69 Å². The van der Waals surface area contributed by atoms with E-state index < -0.39 is 88.8 Å². The number of anilines is 1. The number of phenolic OH excluding ortho intramolecular Hbond substituents is 3. The summed E-state index contributed by atoms with van der Waals surface area (Å²) in [5.74, 6) is -8.57. The smallest absolute Gasteiger partial charge is 0.312 e. The highest BCUT2D eigenvalue weighted by Gasteiger charge is 2.50. The van der Waals surface area contributed by atoms with E-state index in [2.05, 4.69) is 10.5 Å². The molecule has 330 valence electrons. The molecule has 2 aromatic rings. The second-order valence-electron chi connectivity index (χ2n) is 16.2. The van der Waals surface area contributed by atoms with E-state index in [-0.39, 0.29) is 50.6 Å². The van der Waals surface area contributed by atoms with Crippen LogP contribution in [-0.2, 0) is 28.6 Å². The van der Waals surface area contributed by atoms with Gasteiger partial charge in [-0.3, -0.25) is 14.4 Å². The fourth-order valence-corrected chi connectivity index (χ4v) is 7.94. The quantitative estimate of drug-likeness (QED) is 0.0489. The number of fused-ring (bicyclic) bond motifs is 14. The van der Waals surface area contributed by atoms with Crippen LogP contribution in [0.5, 0.6) is 23.0 Å². The molecular formula is C45H62N2O13. The van der Waals surface area contributed by atoms with Crippen molar-refractivity contribution in [3.8, 4) is 23.0 Å². The molecule has 1 amide bonds. The zero-order chi connectivity index (χ0) is 44.8. The van der Waals surface area contributed by atoms with E-state index in [1.165, 1.54) is 53.2 Å². The van der Waals surface area contributed by atoms with Crippen molar-refractivity contribution in [3.63, 3.8) is 0 Å². The molecular weight excluding hydrogens is 776 g/mol. The molecule has 2 aromatic carbocycles. The van der Waals surface area contributed by atoms with Crippen LogP contribution in [0.3, 0.4) is 0 Å². The third kappa shape index (κ3) is 9.74. The van der Waals surface area contributed by atoms with Gasteiger partial charge in [0.1, 0.15) is 29.5 Å². The summed E-state index contributed by atoms with van der Waals surface area (Å²) >= 11 is 0. The number of hydrogen-bond donors (Lipinski definition) is 6. The largest absolute Gasteiger partial charge is 0.507 e. The molecule has 60 heavy (non-hydrogen) atoms. The summed E-state index contributed by atoms with van der Waals surface area (Å²) in [6.07, 6.45) is 7.41. The highest BCUT2D eigenvalue weighted by atomic mass is 16.7. The molecule has 0 aliphatic carbocycles. The van der Waals surface area contributed by atoms with E-state index in [1.807, 2.05) is 13.8 Å². The molecule has 5 rings (SSSR count). The number of phenols is 3. The normalized spacial score (nSPS) is 29.9. The molecule has 0 unspecified atom stereocenters. The van der Waals surface area contributed by atoms with Gasteiger partial charge in [-0.05, 0) is 32.8 Å². The van der Waals surface area contributed by atoms with Gasteiger partial charge in [0.15, 0.2) is 5.75 Å². The monoisotopic (exact) mass is 838 g/mol. The lowest BCUT2D eigenvalue weighted by molar-refractivity contribution is -0.160. The fraction of sp³-hybridized carbons (Fsp3) is 0.556. The number of aliphatic hydroxyl groups is 2. The van der Waals surface area contributed by atoms with Crippen LogP contribution in [0.2, 0.25) is 0 Å². The Morgan fingerprint density at radius 2 is 1.60 bits per heavy atom. The number of oxime groups is 1. The molecule has 0 radical (unpaired) electrons. The van der Waals surface area contributed by atoms with Crippen molar-refractivity contribution in [1.82, 2.24) is 0 Å². The maximum atomic E-state index is 14.4. The first-order valence-electron chi connectivity index (χ1n) is 20.5. The summed E-state index contributed by atoms with van der Waals surface area (Å²) < 4.78 is 23.6. The van der Waals surface area contributed by atoms with Crippen LogP contribution in [0.1, 0.15) is 109 Å². The highest BCUT2D eigenvalue weighted by molar-refractivity contribution is 6.23. The van der Waals surface area contributed by atoms with E-state index in [4.69, 9.17) is 23.8 Å². The Balaban J connectivity index is 1.97. The fourth-order valence-electron chi connectivity index (χ4n) is 7.94. The standard InChI is InChI=1S/C45H62N2O13/c1-12-15-29(16-13-2)60-46-21-30-35-40(53)33-32(39(30)52)34-42(27(8)38(33)51)59-45(10,43(34)54)57-20-19-31(56-11)24(5)41(58-28(9)48)26(7)37(50)25(6)36(49)22(3)17-14-18-23(4)44(55)47-35/h14,17-22,24-26,29,31,36-37,41,49-53H,12-13,15-16H2,1-11H3,(H,47,55)/b17-14+,20-19+,23-18-,46-21+/t22-,24-,25-,26-,31+,36+,37-,41-,45+/m1/s1. The van der Waals surface area contributed by atoms with Crippen molar-refractivity contribution in [2.24, 2.45) is 28.8 Å². The molecule has 3 aliphatic heterocycles. The van der Waals surface area contributed by atoms with Crippen molar-refractivity contribution in [1.29, 1.82) is 0 Å². The number of carbonyl (C=O) groups excluding carboxylic acids is 3. The van der Waals surface area contributed by atoms with Gasteiger partial charge in [-0.15, -0.1) is 0 Å². The minimum Gasteiger partial charge on any atom is -0.507 e. The van der Waals surface area contributed by atoms with Gasteiger partial charge < -0.3 is 54.6 Å². The summed E-state index contributed by atoms with van der Waals surface area (Å²) in [5.41, 5.74) is -0.552. The van der Waals surface area contributed by atoms with E-state index in [9.17, 15) is 39.9 Å². The van der Waals surface area contributed by atoms with E-state index in [0.717, 1.165) is 19.1 Å². The van der Waals surface area contributed by atoms with Gasteiger partial charge in [0.25, 0.3) is 11.7 Å². The topological polar surface area (TPSA) is 223 Å². The lowest BCUT2D eigenvalue weighted by atomic mass is 9.78. The molecule has 0 spiro atoms. The van der Waals surface area contributed by atoms with Crippen molar-refractivity contribution in [3.05, 3.63) is 52.8 Å². The zero-order valence-electron chi connectivity index (χ0n) is 36.4. The number of methoxy groups -OCH3 is 1. The van der Waals surface area contributed by atoms with Crippen LogP contribution >= 0.6 is 0 Å². The van der Waals surface area contributed by atoms with Gasteiger partial charge >= 0.3 is 11.8 Å². The number of nitrogens with one attached hydrogen (secondary N) is 1. The van der Waals surface area contributed by atoms with Crippen molar-refractivity contribution in [2.75, 3.05) is 12.4 Å². The number of carbonyl (C=O) groups is 3. The van der Waals surface area contributed by atoms with Crippen LogP contribution in [-0.4, -0.2) is 92.8 Å². The maximum absolute atomic E-state index is 14.4. The average molecular weight is 839 g/mol. The SMILES string of the molecule is CCCC(CCC)O/N=C/c1c2c(O)c3c(O)c(C)c4c(c3c1O)C(=O)[C@@](C)(O/C=C/[C@H](OC)[C@@H](C)[C@@H](OC(C)=O)[C@H](C)[C@H](O)[C@H](C)[C@@H](O)[C@H](C)/C=C/C=C(/C)C(=O)N2)O4. The molecule has 3 heterocycles. The van der Waals surface area contributed by atoms with Crippen molar-refractivity contribution < 1.29 is 63.7 Å². The average Bonchev–Trinajstić information content (AvgIpc) is 3.47. The zero-order valence-corrected chi connectivity index (χ0v) is 36.4. The summed E-state index contributed by atoms with van der Waals surface area (Å²) in [6.45, 7) is 16.5. The maximum Gasteiger partial charge on any atom is 0.312 e. The van der Waals surface area contributed by atoms with Gasteiger partial charge in [-0.2, -0.15) is 0 Å². The number of ketones is 1. The molecule has 6 N–H and O–H groups in total. The molecule has 15 nitrogen and oxygen atoms in total. The molecule has 9 atom stereocenters. The number of rotatable bonds is 9. The number of aliphatic hydroxyl groups excluding tert-OH is 2. The number of esters is 1. The van der Waals surface area contributed by atoms with Gasteiger partial charge in [-0.25, -0.2) is 0 Å². The minimum absolute atomic E-state index is 0.0401. The minimum atomic E-state index is -2.06. The first kappa shape index (κ1) is 47.6. The van der Waals surface area contributed by atoms with Crippen LogP contribution in [0, 0.1) is 30.6 Å². The predicted octanol–water partition coefficient (Wildman–Crippen LogP) is 7.07. The first-order valence-corrected chi connectivity index (χ1v) is 20.5. The third-order valence-corrected chi connectivity index (χ3v) is 11.6. The van der Waals surface area contributed by atoms with E-state index in [0.29, 0.717) is 12.8 Å². The number of benzene rings is 2. The van der Waals surface area contributed by atoms with Gasteiger partial charge in [0.2, 0.25) is 0 Å².